The van der Waals surface area contributed by atoms with Gasteiger partial charge in [0.05, 0.1) is 18.4 Å². The van der Waals surface area contributed by atoms with Gasteiger partial charge in [-0.3, -0.25) is 19.3 Å². The lowest BCUT2D eigenvalue weighted by atomic mass is 9.96. The van der Waals surface area contributed by atoms with Gasteiger partial charge in [-0.1, -0.05) is 45.4 Å². The van der Waals surface area contributed by atoms with Gasteiger partial charge in [0.2, 0.25) is 5.91 Å². The molecule has 0 aromatic carbocycles. The van der Waals surface area contributed by atoms with Gasteiger partial charge in [0.15, 0.2) is 0 Å². The van der Waals surface area contributed by atoms with E-state index in [4.69, 9.17) is 4.84 Å². The van der Waals surface area contributed by atoms with Crippen molar-refractivity contribution in [3.05, 3.63) is 35.6 Å². The molecule has 2 amide bonds. The minimum Gasteiger partial charge on any atom is -0.288 e. The zero-order valence-corrected chi connectivity index (χ0v) is 15.1. The molecule has 1 aliphatic heterocycles. The second-order valence-corrected chi connectivity index (χ2v) is 6.14. The number of allylic oxidation sites excluding steroid dienone is 4. The number of hydrogen-bond acceptors (Lipinski definition) is 3. The number of fused-ring (bicyclic) bond motifs is 1. The zero-order valence-electron chi connectivity index (χ0n) is 15.1. The van der Waals surface area contributed by atoms with Crippen LogP contribution in [0.1, 0.15) is 52.9 Å². The van der Waals surface area contributed by atoms with Crippen molar-refractivity contribution in [2.24, 2.45) is 5.92 Å². The van der Waals surface area contributed by atoms with E-state index >= 15 is 0 Å². The third-order valence-electron chi connectivity index (χ3n) is 4.70. The highest BCUT2D eigenvalue weighted by atomic mass is 16.7. The Kier molecular flexibility index (Phi) is 6.37. The molecule has 24 heavy (non-hydrogen) atoms. The fourth-order valence-corrected chi connectivity index (χ4v) is 3.35. The van der Waals surface area contributed by atoms with Gasteiger partial charge in [0, 0.05) is 5.92 Å². The van der Waals surface area contributed by atoms with Crippen LogP contribution in [0.15, 0.2) is 35.6 Å². The Morgan fingerprint density at radius 1 is 1.33 bits per heavy atom. The summed E-state index contributed by atoms with van der Waals surface area (Å²) in [6.45, 7) is 6.11. The summed E-state index contributed by atoms with van der Waals surface area (Å²) in [5.41, 5.74) is 1.26. The fraction of sp³-hybridized carbons (Fsp3) is 0.579. The van der Waals surface area contributed by atoms with Gasteiger partial charge in [-0.25, -0.2) is 0 Å². The Hall–Kier alpha value is -1.88. The minimum atomic E-state index is -0.393. The molecule has 0 aromatic heterocycles. The van der Waals surface area contributed by atoms with E-state index < -0.39 is 6.17 Å². The second kappa shape index (κ2) is 8.29. The first-order valence-corrected chi connectivity index (χ1v) is 8.88. The highest BCUT2D eigenvalue weighted by Crippen LogP contribution is 2.34. The maximum absolute atomic E-state index is 13.2. The molecule has 2 aliphatic rings. The second-order valence-electron chi connectivity index (χ2n) is 6.14. The minimum absolute atomic E-state index is 0.0503. The normalized spacial score (nSPS) is 20.7. The molecule has 1 saturated heterocycles. The quantitative estimate of drug-likeness (QED) is 0.747. The average molecular weight is 332 g/mol. The van der Waals surface area contributed by atoms with Crippen molar-refractivity contribution in [3.8, 4) is 0 Å². The van der Waals surface area contributed by atoms with Gasteiger partial charge < -0.3 is 0 Å². The molecule has 0 bridgehead atoms. The van der Waals surface area contributed by atoms with E-state index in [9.17, 15) is 9.59 Å². The molecule has 5 nitrogen and oxygen atoms in total. The van der Waals surface area contributed by atoms with Gasteiger partial charge in [0.1, 0.15) is 6.17 Å². The Bertz CT molecular complexity index is 573. The Labute approximate surface area is 144 Å². The van der Waals surface area contributed by atoms with Crippen molar-refractivity contribution in [2.45, 2.75) is 59.0 Å². The molecule has 1 fully saturated rings. The molecular formula is C19H28N2O3. The molecule has 1 atom stereocenters. The number of hydroxylamine groups is 2. The molecule has 1 aliphatic carbocycles. The SMILES string of the molecule is CCCC1N(OC)C(=O)C2=CCC=CC=C2N1C(=O)C(CC)CC. The van der Waals surface area contributed by atoms with E-state index in [1.165, 1.54) is 12.2 Å². The van der Waals surface area contributed by atoms with Crippen LogP contribution in [-0.2, 0) is 14.4 Å². The van der Waals surface area contributed by atoms with Crippen LogP contribution in [0.2, 0.25) is 0 Å². The van der Waals surface area contributed by atoms with E-state index in [2.05, 4.69) is 0 Å². The Morgan fingerprint density at radius 2 is 2.04 bits per heavy atom. The summed E-state index contributed by atoms with van der Waals surface area (Å²) in [6, 6.07) is 0. The molecule has 0 aromatic rings. The summed E-state index contributed by atoms with van der Waals surface area (Å²) in [6.07, 6.45) is 11.0. The summed E-state index contributed by atoms with van der Waals surface area (Å²) in [5.74, 6) is -0.148. The first kappa shape index (κ1) is 18.5. The molecule has 2 rings (SSSR count). The Morgan fingerprint density at radius 3 is 2.62 bits per heavy atom. The highest BCUT2D eigenvalue weighted by Gasteiger charge is 2.44. The van der Waals surface area contributed by atoms with Crippen molar-refractivity contribution in [2.75, 3.05) is 7.11 Å². The van der Waals surface area contributed by atoms with Crippen LogP contribution in [0.3, 0.4) is 0 Å². The third kappa shape index (κ3) is 3.31. The van der Waals surface area contributed by atoms with Gasteiger partial charge in [0.25, 0.3) is 5.91 Å². The monoisotopic (exact) mass is 332 g/mol. The van der Waals surface area contributed by atoms with Crippen molar-refractivity contribution in [3.63, 3.8) is 0 Å². The summed E-state index contributed by atoms with van der Waals surface area (Å²) in [4.78, 5) is 33.2. The summed E-state index contributed by atoms with van der Waals surface area (Å²) in [7, 11) is 1.49. The third-order valence-corrected chi connectivity index (χ3v) is 4.70. The van der Waals surface area contributed by atoms with Crippen LogP contribution >= 0.6 is 0 Å². The predicted molar refractivity (Wildman–Crippen MR) is 93.4 cm³/mol. The van der Waals surface area contributed by atoms with Crippen molar-refractivity contribution < 1.29 is 14.4 Å². The van der Waals surface area contributed by atoms with Crippen molar-refractivity contribution >= 4 is 11.8 Å². The lowest BCUT2D eigenvalue weighted by Gasteiger charge is -2.45. The lowest BCUT2D eigenvalue weighted by molar-refractivity contribution is -0.208. The number of carbonyl (C=O) groups is 2. The van der Waals surface area contributed by atoms with Gasteiger partial charge in [-0.15, -0.1) is 0 Å². The highest BCUT2D eigenvalue weighted by molar-refractivity contribution is 6.01. The summed E-state index contributed by atoms with van der Waals surface area (Å²) >= 11 is 0. The van der Waals surface area contributed by atoms with Gasteiger partial charge in [-0.05, 0) is 31.8 Å². The van der Waals surface area contributed by atoms with E-state index in [1.807, 2.05) is 45.1 Å². The predicted octanol–water partition coefficient (Wildman–Crippen LogP) is 3.55. The number of hydrogen-bond donors (Lipinski definition) is 0. The molecule has 132 valence electrons. The lowest BCUT2D eigenvalue weighted by Crippen LogP contribution is -2.58. The molecule has 1 heterocycles. The molecular weight excluding hydrogens is 304 g/mol. The van der Waals surface area contributed by atoms with Crippen molar-refractivity contribution in [1.29, 1.82) is 0 Å². The van der Waals surface area contributed by atoms with Crippen LogP contribution in [-0.4, -0.2) is 35.1 Å². The van der Waals surface area contributed by atoms with Gasteiger partial charge in [-0.2, -0.15) is 5.06 Å². The maximum atomic E-state index is 13.2. The van der Waals surface area contributed by atoms with E-state index in [1.54, 1.807) is 4.90 Å². The fourth-order valence-electron chi connectivity index (χ4n) is 3.35. The number of amides is 2. The number of nitrogens with zero attached hydrogens (tertiary/aromatic N) is 2. The van der Waals surface area contributed by atoms with Gasteiger partial charge >= 0.3 is 0 Å². The topological polar surface area (TPSA) is 49.9 Å². The molecule has 0 radical (unpaired) electrons. The summed E-state index contributed by atoms with van der Waals surface area (Å²) in [5, 5.41) is 1.36. The first-order chi connectivity index (χ1) is 11.6. The van der Waals surface area contributed by atoms with Crippen molar-refractivity contribution in [1.82, 2.24) is 9.96 Å². The van der Waals surface area contributed by atoms with Crippen LogP contribution in [0.4, 0.5) is 0 Å². The first-order valence-electron chi connectivity index (χ1n) is 8.88. The van der Waals surface area contributed by atoms with Crippen LogP contribution < -0.4 is 0 Å². The number of rotatable bonds is 6. The molecule has 1 unspecified atom stereocenters. The smallest absolute Gasteiger partial charge is 0.281 e. The molecule has 0 spiro atoms. The summed E-state index contributed by atoms with van der Waals surface area (Å²) < 4.78 is 0. The Balaban J connectivity index is 2.54. The zero-order chi connectivity index (χ0) is 17.7. The van der Waals surface area contributed by atoms with Crippen LogP contribution in [0, 0.1) is 5.92 Å². The average Bonchev–Trinajstić information content (AvgIpc) is 2.83. The molecule has 0 saturated carbocycles. The maximum Gasteiger partial charge on any atom is 0.281 e. The van der Waals surface area contributed by atoms with E-state index in [-0.39, 0.29) is 17.7 Å². The largest absolute Gasteiger partial charge is 0.288 e. The molecule has 0 N–H and O–H groups in total. The number of carbonyl (C=O) groups excluding carboxylic acids is 2. The standard InChI is InChI=1S/C19H28N2O3/c1-5-11-17-20(18(22)14(6-2)7-3)16-13-10-8-9-12-15(16)19(23)21(17)24-4/h8,10,12-14,17H,5-7,9,11H2,1-4H3. The van der Waals surface area contributed by atoms with Crippen LogP contribution in [0.25, 0.3) is 0 Å². The molecule has 5 heteroatoms. The van der Waals surface area contributed by atoms with E-state index in [0.717, 1.165) is 19.3 Å². The van der Waals surface area contributed by atoms with E-state index in [0.29, 0.717) is 24.1 Å². The van der Waals surface area contributed by atoms with Crippen LogP contribution in [0.5, 0.6) is 0 Å².